The predicted molar refractivity (Wildman–Crippen MR) is 122 cm³/mol. The Bertz CT molecular complexity index is 1340. The van der Waals surface area contributed by atoms with Gasteiger partial charge in [0.05, 0.1) is 30.0 Å². The highest BCUT2D eigenvalue weighted by molar-refractivity contribution is 6.40. The van der Waals surface area contributed by atoms with Crippen molar-refractivity contribution < 1.29 is 9.47 Å². The number of halogens is 3. The van der Waals surface area contributed by atoms with Crippen LogP contribution in [-0.2, 0) is 6.42 Å². The number of aromatic nitrogens is 4. The number of hydrogen-bond donors (Lipinski definition) is 1. The summed E-state index contributed by atoms with van der Waals surface area (Å²) in [4.78, 5) is 20.5. The number of hydrogen-bond acceptors (Lipinski definition) is 5. The van der Waals surface area contributed by atoms with Crippen molar-refractivity contribution >= 4 is 45.8 Å². The molecular formula is C21H17Cl3N4O3. The molecule has 0 bridgehead atoms. The smallest absolute Gasteiger partial charge is 0.262 e. The molecule has 4 aromatic rings. The number of fused-ring (bicyclic) bond motifs is 1. The Morgan fingerprint density at radius 1 is 1.03 bits per heavy atom. The minimum Gasteiger partial charge on any atom is -0.493 e. The normalized spacial score (nSPS) is 11.2. The highest BCUT2D eigenvalue weighted by Crippen LogP contribution is 2.35. The summed E-state index contributed by atoms with van der Waals surface area (Å²) in [7, 11) is 3.09. The lowest BCUT2D eigenvalue weighted by Gasteiger charge is -2.11. The SMILES string of the molecule is CCc1nn(-c2c(Cl)cc(Cl)cc2Cl)c2nc(-c3ccc(OC)c(OC)c3)[nH]c(=O)c12. The summed E-state index contributed by atoms with van der Waals surface area (Å²) in [6.07, 6.45) is 0.521. The largest absolute Gasteiger partial charge is 0.493 e. The first-order valence-corrected chi connectivity index (χ1v) is 10.4. The van der Waals surface area contributed by atoms with E-state index in [0.717, 1.165) is 0 Å². The molecule has 2 aromatic carbocycles. The van der Waals surface area contributed by atoms with Crippen LogP contribution in [0.5, 0.6) is 11.5 Å². The third-order valence-corrected chi connectivity index (χ3v) is 5.59. The third kappa shape index (κ3) is 3.73. The van der Waals surface area contributed by atoms with Crippen LogP contribution in [0.15, 0.2) is 35.1 Å². The average molecular weight is 480 g/mol. The number of H-pyrrole nitrogens is 1. The molecule has 0 amide bonds. The molecule has 0 fully saturated rings. The van der Waals surface area contributed by atoms with Crippen LogP contribution in [-0.4, -0.2) is 34.0 Å². The Balaban J connectivity index is 2.01. The average Bonchev–Trinajstić information content (AvgIpc) is 3.11. The maximum absolute atomic E-state index is 13.0. The van der Waals surface area contributed by atoms with Gasteiger partial charge in [0.1, 0.15) is 16.9 Å². The maximum atomic E-state index is 13.0. The molecule has 0 saturated carbocycles. The van der Waals surface area contributed by atoms with E-state index in [1.807, 2.05) is 6.92 Å². The van der Waals surface area contributed by atoms with Gasteiger partial charge in [-0.25, -0.2) is 9.67 Å². The van der Waals surface area contributed by atoms with Crippen molar-refractivity contribution in [1.29, 1.82) is 0 Å². The molecular weight excluding hydrogens is 463 g/mol. The molecule has 0 atom stereocenters. The fourth-order valence-corrected chi connectivity index (χ4v) is 4.33. The molecule has 1 N–H and O–H groups in total. The lowest BCUT2D eigenvalue weighted by molar-refractivity contribution is 0.355. The number of ether oxygens (including phenoxy) is 2. The molecule has 4 rings (SSSR count). The Kier molecular flexibility index (Phi) is 5.83. The molecule has 2 aromatic heterocycles. The molecule has 0 aliphatic heterocycles. The standard InChI is InChI=1S/C21H17Cl3N4O3/c1-4-14-17-20(28(27-14)18-12(23)8-11(22)9-13(18)24)25-19(26-21(17)29)10-5-6-15(30-2)16(7-10)31-3/h5-9H,4H2,1-3H3,(H,25,26,29). The number of methoxy groups -OCH3 is 2. The summed E-state index contributed by atoms with van der Waals surface area (Å²) >= 11 is 18.9. The van der Waals surface area contributed by atoms with E-state index < -0.39 is 0 Å². The number of rotatable bonds is 5. The first-order valence-electron chi connectivity index (χ1n) is 9.27. The van der Waals surface area contributed by atoms with Gasteiger partial charge in [-0.05, 0) is 36.8 Å². The highest BCUT2D eigenvalue weighted by Gasteiger charge is 2.21. The zero-order valence-electron chi connectivity index (χ0n) is 16.8. The van der Waals surface area contributed by atoms with E-state index in [9.17, 15) is 4.79 Å². The number of aromatic amines is 1. The fourth-order valence-electron chi connectivity index (χ4n) is 3.35. The van der Waals surface area contributed by atoms with Crippen LogP contribution in [0.4, 0.5) is 0 Å². The van der Waals surface area contributed by atoms with Gasteiger partial charge in [-0.1, -0.05) is 41.7 Å². The highest BCUT2D eigenvalue weighted by atomic mass is 35.5. The molecule has 0 unspecified atom stereocenters. The first kappa shape index (κ1) is 21.5. The molecule has 7 nitrogen and oxygen atoms in total. The summed E-state index contributed by atoms with van der Waals surface area (Å²) in [6, 6.07) is 8.36. The molecule has 0 aliphatic rings. The van der Waals surface area contributed by atoms with Gasteiger partial charge in [0.15, 0.2) is 17.1 Å². The van der Waals surface area contributed by atoms with Gasteiger partial charge < -0.3 is 14.5 Å². The molecule has 2 heterocycles. The van der Waals surface area contributed by atoms with Crippen LogP contribution >= 0.6 is 34.8 Å². The van der Waals surface area contributed by atoms with Crippen molar-refractivity contribution in [2.45, 2.75) is 13.3 Å². The predicted octanol–water partition coefficient (Wildman–Crippen LogP) is 5.32. The summed E-state index contributed by atoms with van der Waals surface area (Å²) in [5.41, 5.74) is 1.62. The quantitative estimate of drug-likeness (QED) is 0.419. The minimum atomic E-state index is -0.320. The van der Waals surface area contributed by atoms with Gasteiger partial charge in [0.2, 0.25) is 0 Å². The lowest BCUT2D eigenvalue weighted by atomic mass is 10.1. The van der Waals surface area contributed by atoms with Crippen LogP contribution in [0.1, 0.15) is 12.6 Å². The van der Waals surface area contributed by atoms with Crippen LogP contribution in [0.2, 0.25) is 15.1 Å². The van der Waals surface area contributed by atoms with Gasteiger partial charge >= 0.3 is 0 Å². The second kappa shape index (κ2) is 8.42. The van der Waals surface area contributed by atoms with Crippen LogP contribution in [0, 0.1) is 0 Å². The fraction of sp³-hybridized carbons (Fsp3) is 0.190. The van der Waals surface area contributed by atoms with E-state index in [0.29, 0.717) is 66.8 Å². The van der Waals surface area contributed by atoms with Crippen LogP contribution in [0.3, 0.4) is 0 Å². The Morgan fingerprint density at radius 2 is 1.71 bits per heavy atom. The molecule has 31 heavy (non-hydrogen) atoms. The molecule has 160 valence electrons. The Labute approximate surface area is 192 Å². The minimum absolute atomic E-state index is 0.291. The van der Waals surface area contributed by atoms with Gasteiger partial charge in [0, 0.05) is 10.6 Å². The molecule has 10 heteroatoms. The molecule has 0 radical (unpaired) electrons. The second-order valence-electron chi connectivity index (χ2n) is 6.61. The van der Waals surface area contributed by atoms with E-state index >= 15 is 0 Å². The van der Waals surface area contributed by atoms with E-state index in [1.165, 1.54) is 11.8 Å². The zero-order valence-corrected chi connectivity index (χ0v) is 19.1. The van der Waals surface area contributed by atoms with Gasteiger partial charge in [-0.15, -0.1) is 0 Å². The maximum Gasteiger partial charge on any atom is 0.262 e. The van der Waals surface area contributed by atoms with Crippen molar-refractivity contribution in [2.24, 2.45) is 0 Å². The van der Waals surface area contributed by atoms with Crippen LogP contribution < -0.4 is 15.0 Å². The summed E-state index contributed by atoms with van der Waals surface area (Å²) in [5.74, 6) is 1.41. The number of nitrogens with zero attached hydrogens (tertiary/aromatic N) is 3. The Hall–Kier alpha value is -2.74. The van der Waals surface area contributed by atoms with Gasteiger partial charge in [-0.3, -0.25) is 4.79 Å². The van der Waals surface area contributed by atoms with E-state index in [4.69, 9.17) is 44.3 Å². The van der Waals surface area contributed by atoms with E-state index in [2.05, 4.69) is 15.1 Å². The van der Waals surface area contributed by atoms with Gasteiger partial charge in [0.25, 0.3) is 5.56 Å². The van der Waals surface area contributed by atoms with Crippen molar-refractivity contribution in [3.63, 3.8) is 0 Å². The van der Waals surface area contributed by atoms with Crippen LogP contribution in [0.25, 0.3) is 28.1 Å². The number of nitrogens with one attached hydrogen (secondary N) is 1. The van der Waals surface area contributed by atoms with E-state index in [1.54, 1.807) is 37.4 Å². The topological polar surface area (TPSA) is 82.0 Å². The Morgan fingerprint density at radius 3 is 2.32 bits per heavy atom. The molecule has 0 saturated heterocycles. The van der Waals surface area contributed by atoms with Crippen molar-refractivity contribution in [3.05, 3.63) is 61.4 Å². The summed E-state index contributed by atoms with van der Waals surface area (Å²) < 4.78 is 12.1. The van der Waals surface area contributed by atoms with Crippen molar-refractivity contribution in [1.82, 2.24) is 19.7 Å². The van der Waals surface area contributed by atoms with Crippen molar-refractivity contribution in [3.8, 4) is 28.6 Å². The summed E-state index contributed by atoms with van der Waals surface area (Å²) in [5, 5.41) is 5.91. The van der Waals surface area contributed by atoms with Gasteiger partial charge in [-0.2, -0.15) is 5.10 Å². The lowest BCUT2D eigenvalue weighted by Crippen LogP contribution is -2.11. The van der Waals surface area contributed by atoms with Crippen molar-refractivity contribution in [2.75, 3.05) is 14.2 Å². The first-order chi connectivity index (χ1) is 14.9. The summed E-state index contributed by atoms with van der Waals surface area (Å²) in [6.45, 7) is 1.90. The molecule has 0 spiro atoms. The van der Waals surface area contributed by atoms with E-state index in [-0.39, 0.29) is 5.56 Å². The monoisotopic (exact) mass is 478 g/mol. The number of benzene rings is 2. The number of aryl methyl sites for hydroxylation is 1. The zero-order chi connectivity index (χ0) is 22.3. The molecule has 0 aliphatic carbocycles. The third-order valence-electron chi connectivity index (χ3n) is 4.80. The second-order valence-corrected chi connectivity index (χ2v) is 7.86.